The van der Waals surface area contributed by atoms with Crippen LogP contribution >= 0.6 is 0 Å². The molecule has 0 spiro atoms. The highest BCUT2D eigenvalue weighted by molar-refractivity contribution is 6.07. The Kier molecular flexibility index (Phi) is 1.96. The minimum Gasteiger partial charge on any atom is -0.366 e. The summed E-state index contributed by atoms with van der Waals surface area (Å²) in [5.74, 6) is 0.241. The summed E-state index contributed by atoms with van der Waals surface area (Å²) < 4.78 is 0. The van der Waals surface area contributed by atoms with Crippen LogP contribution in [0.25, 0.3) is 10.8 Å². The fraction of sp³-hybridized carbons (Fsp3) is 0.214. The van der Waals surface area contributed by atoms with Crippen LogP contribution in [0.5, 0.6) is 0 Å². The van der Waals surface area contributed by atoms with Crippen LogP contribution in [-0.4, -0.2) is 5.91 Å². The third-order valence-electron chi connectivity index (χ3n) is 3.22. The molecular formula is C14H13NO. The van der Waals surface area contributed by atoms with Crippen LogP contribution in [0, 0.1) is 0 Å². The predicted octanol–water partition coefficient (Wildman–Crippen LogP) is 2.82. The van der Waals surface area contributed by atoms with Crippen LogP contribution < -0.4 is 5.73 Å². The van der Waals surface area contributed by atoms with Crippen molar-refractivity contribution in [3.63, 3.8) is 0 Å². The molecule has 0 aliphatic heterocycles. The number of hydrogen-bond donors (Lipinski definition) is 1. The van der Waals surface area contributed by atoms with Crippen LogP contribution in [0.4, 0.5) is 0 Å². The van der Waals surface area contributed by atoms with Gasteiger partial charge in [-0.1, -0.05) is 36.4 Å². The molecule has 0 bridgehead atoms. The minimum atomic E-state index is -0.307. The van der Waals surface area contributed by atoms with Crippen LogP contribution in [0.1, 0.15) is 34.7 Å². The van der Waals surface area contributed by atoms with Crippen LogP contribution in [-0.2, 0) is 0 Å². The Hall–Kier alpha value is -1.83. The normalized spacial score (nSPS) is 15.2. The number of rotatable bonds is 2. The van der Waals surface area contributed by atoms with Crippen LogP contribution in [0.15, 0.2) is 36.4 Å². The summed E-state index contributed by atoms with van der Waals surface area (Å²) in [5, 5.41) is 2.07. The zero-order valence-electron chi connectivity index (χ0n) is 8.94. The first-order valence-corrected chi connectivity index (χ1v) is 5.59. The molecule has 2 heteroatoms. The van der Waals surface area contributed by atoms with E-state index < -0.39 is 0 Å². The van der Waals surface area contributed by atoms with Crippen molar-refractivity contribution in [3.05, 3.63) is 47.5 Å². The lowest BCUT2D eigenvalue weighted by molar-refractivity contribution is 0.100. The Morgan fingerprint density at radius 3 is 2.56 bits per heavy atom. The van der Waals surface area contributed by atoms with E-state index in [1.165, 1.54) is 12.8 Å². The lowest BCUT2D eigenvalue weighted by atomic mass is 9.96. The molecule has 0 aromatic heterocycles. The summed E-state index contributed by atoms with van der Waals surface area (Å²) in [6.45, 7) is 0. The Morgan fingerprint density at radius 2 is 1.88 bits per heavy atom. The summed E-state index contributed by atoms with van der Waals surface area (Å²) in [6, 6.07) is 12.0. The quantitative estimate of drug-likeness (QED) is 0.815. The monoisotopic (exact) mass is 211 g/mol. The number of fused-ring (bicyclic) bond motifs is 1. The number of nitrogens with two attached hydrogens (primary N) is 1. The molecule has 1 amide bonds. The summed E-state index contributed by atoms with van der Waals surface area (Å²) in [4.78, 5) is 11.6. The molecule has 2 nitrogen and oxygen atoms in total. The summed E-state index contributed by atoms with van der Waals surface area (Å²) in [5.41, 5.74) is 7.36. The van der Waals surface area contributed by atoms with Gasteiger partial charge in [0.15, 0.2) is 0 Å². The Morgan fingerprint density at radius 1 is 1.12 bits per heavy atom. The molecule has 80 valence electrons. The second kappa shape index (κ2) is 3.34. The predicted molar refractivity (Wildman–Crippen MR) is 64.4 cm³/mol. The molecular weight excluding hydrogens is 198 g/mol. The van der Waals surface area contributed by atoms with E-state index in [2.05, 4.69) is 12.1 Å². The molecule has 1 fully saturated rings. The molecule has 2 N–H and O–H groups in total. The second-order valence-electron chi connectivity index (χ2n) is 4.39. The topological polar surface area (TPSA) is 43.1 Å². The van der Waals surface area contributed by atoms with E-state index in [0.29, 0.717) is 5.92 Å². The van der Waals surface area contributed by atoms with Gasteiger partial charge in [0.2, 0.25) is 5.91 Å². The van der Waals surface area contributed by atoms with Gasteiger partial charge < -0.3 is 5.73 Å². The average Bonchev–Trinajstić information content (AvgIpc) is 3.11. The molecule has 1 aliphatic carbocycles. The maximum absolute atomic E-state index is 11.6. The Balaban J connectivity index is 2.35. The number of carbonyl (C=O) groups excluding carboxylic acids is 1. The molecule has 0 unspecified atom stereocenters. The van der Waals surface area contributed by atoms with Gasteiger partial charge in [-0.05, 0) is 35.1 Å². The summed E-state index contributed by atoms with van der Waals surface area (Å²) in [7, 11) is 0. The maximum atomic E-state index is 11.6. The molecule has 0 saturated heterocycles. The molecule has 0 radical (unpaired) electrons. The van der Waals surface area contributed by atoms with E-state index in [1.54, 1.807) is 0 Å². The van der Waals surface area contributed by atoms with Crippen molar-refractivity contribution >= 4 is 16.7 Å². The van der Waals surface area contributed by atoms with Crippen molar-refractivity contribution in [3.8, 4) is 0 Å². The van der Waals surface area contributed by atoms with E-state index in [4.69, 9.17) is 5.73 Å². The molecule has 0 atom stereocenters. The smallest absolute Gasteiger partial charge is 0.249 e. The fourth-order valence-corrected chi connectivity index (χ4v) is 2.30. The largest absolute Gasteiger partial charge is 0.366 e. The molecule has 2 aromatic rings. The number of amides is 1. The molecule has 0 heterocycles. The maximum Gasteiger partial charge on any atom is 0.249 e. The number of primary amides is 1. The van der Waals surface area contributed by atoms with Gasteiger partial charge in [-0.15, -0.1) is 0 Å². The highest BCUT2D eigenvalue weighted by atomic mass is 16.1. The van der Waals surface area contributed by atoms with Crippen molar-refractivity contribution in [1.82, 2.24) is 0 Å². The first kappa shape index (κ1) is 9.40. The van der Waals surface area contributed by atoms with Gasteiger partial charge in [-0.2, -0.15) is 0 Å². The van der Waals surface area contributed by atoms with E-state index in [1.807, 2.05) is 24.3 Å². The van der Waals surface area contributed by atoms with Gasteiger partial charge in [-0.3, -0.25) is 4.79 Å². The first-order valence-electron chi connectivity index (χ1n) is 5.59. The third kappa shape index (κ3) is 1.38. The summed E-state index contributed by atoms with van der Waals surface area (Å²) in [6.07, 6.45) is 2.36. The SMILES string of the molecule is NC(=O)c1c(C2CC2)ccc2ccccc12. The molecule has 1 saturated carbocycles. The lowest BCUT2D eigenvalue weighted by Gasteiger charge is -2.09. The van der Waals surface area contributed by atoms with E-state index in [0.717, 1.165) is 21.9 Å². The van der Waals surface area contributed by atoms with Crippen molar-refractivity contribution < 1.29 is 4.79 Å². The standard InChI is InChI=1S/C14H13NO/c15-14(16)13-11-4-2-1-3-9(11)7-8-12(13)10-5-6-10/h1-4,7-8,10H,5-6H2,(H2,15,16). The van der Waals surface area contributed by atoms with Gasteiger partial charge in [0, 0.05) is 0 Å². The third-order valence-corrected chi connectivity index (χ3v) is 3.22. The van der Waals surface area contributed by atoms with E-state index in [-0.39, 0.29) is 5.91 Å². The van der Waals surface area contributed by atoms with Crippen molar-refractivity contribution in [2.24, 2.45) is 5.73 Å². The van der Waals surface area contributed by atoms with E-state index >= 15 is 0 Å². The molecule has 1 aliphatic rings. The fourth-order valence-electron chi connectivity index (χ4n) is 2.30. The lowest BCUT2D eigenvalue weighted by Crippen LogP contribution is -2.14. The van der Waals surface area contributed by atoms with Gasteiger partial charge >= 0.3 is 0 Å². The highest BCUT2D eigenvalue weighted by Gasteiger charge is 2.28. The average molecular weight is 211 g/mol. The zero-order chi connectivity index (χ0) is 11.1. The van der Waals surface area contributed by atoms with Crippen molar-refractivity contribution in [2.75, 3.05) is 0 Å². The minimum absolute atomic E-state index is 0.307. The first-order chi connectivity index (χ1) is 7.77. The number of hydrogen-bond acceptors (Lipinski definition) is 1. The van der Waals surface area contributed by atoms with Gasteiger partial charge in [0.1, 0.15) is 0 Å². The highest BCUT2D eigenvalue weighted by Crippen LogP contribution is 2.43. The van der Waals surface area contributed by atoms with Gasteiger partial charge in [-0.25, -0.2) is 0 Å². The zero-order valence-corrected chi connectivity index (χ0v) is 8.94. The van der Waals surface area contributed by atoms with Crippen LogP contribution in [0.3, 0.4) is 0 Å². The Labute approximate surface area is 94.1 Å². The molecule has 2 aromatic carbocycles. The number of carbonyl (C=O) groups is 1. The summed E-state index contributed by atoms with van der Waals surface area (Å²) >= 11 is 0. The number of benzene rings is 2. The van der Waals surface area contributed by atoms with Gasteiger partial charge in [0.25, 0.3) is 0 Å². The second-order valence-corrected chi connectivity index (χ2v) is 4.39. The van der Waals surface area contributed by atoms with E-state index in [9.17, 15) is 4.79 Å². The molecule has 3 rings (SSSR count). The van der Waals surface area contributed by atoms with Crippen molar-refractivity contribution in [1.29, 1.82) is 0 Å². The van der Waals surface area contributed by atoms with Gasteiger partial charge in [0.05, 0.1) is 5.56 Å². The molecule has 16 heavy (non-hydrogen) atoms. The van der Waals surface area contributed by atoms with Crippen molar-refractivity contribution in [2.45, 2.75) is 18.8 Å². The Bertz CT molecular complexity index is 570. The van der Waals surface area contributed by atoms with Crippen LogP contribution in [0.2, 0.25) is 0 Å².